The van der Waals surface area contributed by atoms with Gasteiger partial charge in [0.15, 0.2) is 21.3 Å². The van der Waals surface area contributed by atoms with Crippen molar-refractivity contribution in [2.24, 2.45) is 5.16 Å². The molecule has 0 bridgehead atoms. The Morgan fingerprint density at radius 1 is 0.640 bits per heavy atom. The molecule has 13 nitrogen and oxygen atoms in total. The molecule has 86 heavy (non-hydrogen) atoms. The molecule has 2 atom stereocenters. The van der Waals surface area contributed by atoms with Gasteiger partial charge < -0.3 is 25.5 Å². The number of hydrogen-bond donors (Lipinski definition) is 3. The van der Waals surface area contributed by atoms with Gasteiger partial charge in [-0.3, -0.25) is 14.5 Å². The van der Waals surface area contributed by atoms with E-state index in [1.165, 1.54) is 39.8 Å². The van der Waals surface area contributed by atoms with Crippen LogP contribution in [-0.2, 0) is 35.1 Å². The van der Waals surface area contributed by atoms with Gasteiger partial charge in [-0.05, 0) is 40.7 Å². The number of benzene rings is 8. The van der Waals surface area contributed by atoms with Gasteiger partial charge >= 0.3 is 5.97 Å². The number of anilines is 2. The van der Waals surface area contributed by atoms with Crippen LogP contribution in [0.5, 0.6) is 0 Å². The Balaban J connectivity index is 0.937. The number of fused-ring (bicyclic) bond motifs is 1. The molecule has 0 saturated carbocycles. The number of oxime groups is 1. The molecule has 0 radical (unpaired) electrons. The summed E-state index contributed by atoms with van der Waals surface area (Å²) in [5.74, 6) is -1.95. The summed E-state index contributed by atoms with van der Waals surface area (Å²) in [5.41, 5.74) is 3.89. The summed E-state index contributed by atoms with van der Waals surface area (Å²) in [6, 6.07) is 76.5. The summed E-state index contributed by atoms with van der Waals surface area (Å²) in [6.07, 6.45) is 0.0329. The summed E-state index contributed by atoms with van der Waals surface area (Å²) in [5, 5.41) is 24.8. The van der Waals surface area contributed by atoms with Gasteiger partial charge in [0.2, 0.25) is 10.7 Å². The van der Waals surface area contributed by atoms with Crippen molar-refractivity contribution in [2.45, 2.75) is 46.5 Å². The Morgan fingerprint density at radius 3 is 1.57 bits per heavy atom. The molecule has 2 unspecified atom stereocenters. The second-order valence-electron chi connectivity index (χ2n) is 20.1. The van der Waals surface area contributed by atoms with Crippen LogP contribution < -0.4 is 16.0 Å². The van der Waals surface area contributed by atoms with Crippen LogP contribution in [0.3, 0.4) is 0 Å². The van der Waals surface area contributed by atoms with E-state index >= 15 is 14.4 Å². The first-order chi connectivity index (χ1) is 42.2. The minimum absolute atomic E-state index is 0.0144. The molecular weight excluding hydrogens is 1170 g/mol. The van der Waals surface area contributed by atoms with Crippen LogP contribution in [0.25, 0.3) is 0 Å². The van der Waals surface area contributed by atoms with Crippen molar-refractivity contribution in [1.29, 1.82) is 0 Å². The fourth-order valence-corrected chi connectivity index (χ4v) is 15.4. The number of halogens is 1. The zero-order valence-corrected chi connectivity index (χ0v) is 50.3. The van der Waals surface area contributed by atoms with E-state index in [1.54, 1.807) is 7.05 Å². The first kappa shape index (κ1) is 57.6. The van der Waals surface area contributed by atoms with Crippen LogP contribution in [0.15, 0.2) is 263 Å². The van der Waals surface area contributed by atoms with Crippen molar-refractivity contribution < 1.29 is 24.0 Å². The number of esters is 1. The SMILES string of the molecule is CNc1nnc(SCSC2=C(C(=O)OC(c3ccccc3)c3ccccc3)N3C(=O)C(NC(=O)C(=NOC(c4ccccc4)(c4ccccc4)c4ccccc4)c4nc(NC(c5ccccc5)(c5ccccc5)c5ccccc5)sc4Cl)C3CC2)s1. The molecule has 3 N–H and O–H groups in total. The second-order valence-corrected chi connectivity index (χ2v) is 25.3. The average molecular weight is 1230 g/mol. The number of carbonyl (C=O) groups excluding carboxylic acids is 3. The molecule has 1 fully saturated rings. The predicted molar refractivity (Wildman–Crippen MR) is 344 cm³/mol. The Kier molecular flexibility index (Phi) is 17.5. The highest BCUT2D eigenvalue weighted by Crippen LogP contribution is 2.46. The molecule has 4 heterocycles. The Bertz CT molecular complexity index is 3790. The van der Waals surface area contributed by atoms with Gasteiger partial charge in [-0.25, -0.2) is 9.78 Å². The number of thioether (sulfide) groups is 2. The molecule has 0 spiro atoms. The normalized spacial score (nSPS) is 15.1. The van der Waals surface area contributed by atoms with Crippen LogP contribution in [-0.4, -0.2) is 67.8 Å². The number of rotatable bonds is 22. The maximum absolute atomic E-state index is 15.7. The number of aromatic nitrogens is 3. The smallest absolute Gasteiger partial charge is 0.356 e. The highest BCUT2D eigenvalue weighted by atomic mass is 35.5. The standard InChI is InChI=1S/C68H55ClN8O5S4/c1-70-64-74-75-66(86-64)84-44-83-54-43-42-53-55(62(79)77(53)58(54)63(80)81-59(45-26-10-2-11-27-45)46-28-12-3-13-29-46)71-61(78)57(76-82-68(50-36-20-7-21-37-50,51-38-22-8-23-39-51)52-40-24-9-25-41-52)56-60(69)85-65(72-56)73-67(47-30-14-4-15-31-47,48-32-16-5-17-33-48)49-34-18-6-19-35-49/h2-41,53,55,59H,42-44H2,1H3,(H,70,74)(H,71,78)(H,72,73). The maximum atomic E-state index is 15.7. The van der Waals surface area contributed by atoms with E-state index in [2.05, 4.69) is 62.5 Å². The third kappa shape index (κ3) is 11.7. The number of amides is 2. The first-order valence-corrected chi connectivity index (χ1v) is 31.7. The third-order valence-electron chi connectivity index (χ3n) is 15.1. The van der Waals surface area contributed by atoms with Crippen molar-refractivity contribution in [1.82, 2.24) is 25.4 Å². The fourth-order valence-electron chi connectivity index (χ4n) is 11.1. The quantitative estimate of drug-likeness (QED) is 0.0112. The Hall–Kier alpha value is -8.84. The highest BCUT2D eigenvalue weighted by molar-refractivity contribution is 8.18. The topological polar surface area (TPSA) is 160 Å². The maximum Gasteiger partial charge on any atom is 0.356 e. The van der Waals surface area contributed by atoms with Crippen LogP contribution in [0.1, 0.15) is 69.1 Å². The number of carbonyl (C=O) groups is 3. The lowest BCUT2D eigenvalue weighted by atomic mass is 9.77. The molecule has 18 heteroatoms. The molecule has 428 valence electrons. The minimum atomic E-state index is -1.43. The first-order valence-electron chi connectivity index (χ1n) is 27.7. The minimum Gasteiger partial charge on any atom is -0.448 e. The Morgan fingerprint density at radius 2 is 1.10 bits per heavy atom. The molecular formula is C68H55ClN8O5S4. The van der Waals surface area contributed by atoms with Crippen molar-refractivity contribution in [3.8, 4) is 0 Å². The molecule has 8 aromatic carbocycles. The lowest BCUT2D eigenvalue weighted by molar-refractivity contribution is -0.158. The van der Waals surface area contributed by atoms with Crippen LogP contribution >= 0.6 is 57.8 Å². The monoisotopic (exact) mass is 1230 g/mol. The molecule has 2 aliphatic heterocycles. The van der Waals surface area contributed by atoms with Gasteiger partial charge in [0.1, 0.15) is 27.3 Å². The van der Waals surface area contributed by atoms with Gasteiger partial charge in [-0.2, -0.15) is 0 Å². The number of ether oxygens (including phenoxy) is 1. The highest BCUT2D eigenvalue weighted by Gasteiger charge is 2.55. The van der Waals surface area contributed by atoms with Crippen molar-refractivity contribution in [3.63, 3.8) is 0 Å². The molecule has 2 amide bonds. The van der Waals surface area contributed by atoms with Gasteiger partial charge in [-0.1, -0.05) is 294 Å². The molecule has 12 rings (SSSR count). The van der Waals surface area contributed by atoms with Gasteiger partial charge in [0.25, 0.3) is 11.8 Å². The molecule has 10 aromatic rings. The number of nitrogens with zero attached hydrogens (tertiary/aromatic N) is 5. The van der Waals surface area contributed by atoms with Gasteiger partial charge in [0.05, 0.1) is 11.1 Å². The van der Waals surface area contributed by atoms with Crippen LogP contribution in [0, 0.1) is 0 Å². The third-order valence-corrected chi connectivity index (χ3v) is 19.6. The van der Waals surface area contributed by atoms with Crippen molar-refractivity contribution in [2.75, 3.05) is 22.8 Å². The van der Waals surface area contributed by atoms with E-state index in [9.17, 15) is 0 Å². The van der Waals surface area contributed by atoms with E-state index in [0.717, 1.165) is 60.2 Å². The Labute approximate surface area is 519 Å². The van der Waals surface area contributed by atoms with Gasteiger partial charge in [0, 0.05) is 28.6 Å². The van der Waals surface area contributed by atoms with Crippen LogP contribution in [0.4, 0.5) is 10.3 Å². The molecule has 2 aromatic heterocycles. The second kappa shape index (κ2) is 26.2. The lowest BCUT2D eigenvalue weighted by Crippen LogP contribution is -2.72. The summed E-state index contributed by atoms with van der Waals surface area (Å²) in [6.45, 7) is 0. The summed E-state index contributed by atoms with van der Waals surface area (Å²) < 4.78 is 7.38. The molecule has 1 saturated heterocycles. The van der Waals surface area contributed by atoms with E-state index in [-0.39, 0.29) is 21.4 Å². The summed E-state index contributed by atoms with van der Waals surface area (Å²) in [4.78, 5) is 60.3. The summed E-state index contributed by atoms with van der Waals surface area (Å²) in [7, 11) is 1.79. The molecule has 2 aliphatic rings. The van der Waals surface area contributed by atoms with E-state index in [4.69, 9.17) is 31.3 Å². The number of nitrogens with one attached hydrogen (secondary N) is 3. The predicted octanol–water partition coefficient (Wildman–Crippen LogP) is 14.3. The fraction of sp³-hybridized carbons (Fsp3) is 0.132. The van der Waals surface area contributed by atoms with Crippen molar-refractivity contribution >= 4 is 91.6 Å². The number of allylic oxidation sites excluding steroid dienone is 1. The summed E-state index contributed by atoms with van der Waals surface area (Å²) >= 11 is 12.9. The lowest BCUT2D eigenvalue weighted by Gasteiger charge is -2.50. The zero-order chi connectivity index (χ0) is 58.9. The van der Waals surface area contributed by atoms with E-state index < -0.39 is 47.1 Å². The van der Waals surface area contributed by atoms with E-state index in [1.807, 2.05) is 206 Å². The number of hydrogen-bond acceptors (Lipinski definition) is 15. The van der Waals surface area contributed by atoms with E-state index in [0.29, 0.717) is 33.1 Å². The number of thiazole rings is 1. The largest absolute Gasteiger partial charge is 0.448 e. The van der Waals surface area contributed by atoms with Crippen molar-refractivity contribution in [3.05, 3.63) is 308 Å². The average Bonchev–Trinajstić information content (AvgIpc) is 0.985. The molecule has 0 aliphatic carbocycles. The van der Waals surface area contributed by atoms with Crippen LogP contribution in [0.2, 0.25) is 4.34 Å². The van der Waals surface area contributed by atoms with Gasteiger partial charge in [-0.15, -0.1) is 22.0 Å². The number of β-lactam (4-membered cyclic amide) rings is 1. The zero-order valence-electron chi connectivity index (χ0n) is 46.2.